The van der Waals surface area contributed by atoms with Crippen LogP contribution in [0.25, 0.3) is 0 Å². The molecule has 0 aromatic heterocycles. The predicted molar refractivity (Wildman–Crippen MR) is 183 cm³/mol. The van der Waals surface area contributed by atoms with E-state index in [1.807, 2.05) is 68.4 Å². The number of rotatable bonds is 15. The second kappa shape index (κ2) is 16.3. The summed E-state index contributed by atoms with van der Waals surface area (Å²) in [5, 5.41) is 3.34. The lowest BCUT2D eigenvalue weighted by atomic mass is 10.0. The summed E-state index contributed by atoms with van der Waals surface area (Å²) < 4.78 is 35.4. The quantitative estimate of drug-likeness (QED) is 0.159. The number of nitrogens with one attached hydrogen (secondary N) is 1. The van der Waals surface area contributed by atoms with E-state index in [-0.39, 0.29) is 36.1 Å². The summed E-state index contributed by atoms with van der Waals surface area (Å²) >= 11 is 6.08. The number of hydrogen-bond acceptors (Lipinski definition) is 5. The van der Waals surface area contributed by atoms with Crippen molar-refractivity contribution in [2.75, 3.05) is 24.0 Å². The zero-order valence-electron chi connectivity index (χ0n) is 26.4. The molecule has 0 saturated heterocycles. The van der Waals surface area contributed by atoms with Gasteiger partial charge >= 0.3 is 0 Å². The molecular formula is C36H40ClN3O5S. The largest absolute Gasteiger partial charge is 0.492 e. The van der Waals surface area contributed by atoms with E-state index in [1.54, 1.807) is 31.2 Å². The number of benzene rings is 4. The van der Waals surface area contributed by atoms with E-state index >= 15 is 0 Å². The first-order chi connectivity index (χ1) is 22.1. The molecule has 4 aromatic carbocycles. The lowest BCUT2D eigenvalue weighted by Crippen LogP contribution is -2.53. The van der Waals surface area contributed by atoms with Gasteiger partial charge in [-0.15, -0.1) is 0 Å². The van der Waals surface area contributed by atoms with Crippen molar-refractivity contribution in [3.8, 4) is 5.75 Å². The fraction of sp³-hybridized carbons (Fsp3) is 0.278. The first kappa shape index (κ1) is 34.5. The van der Waals surface area contributed by atoms with Gasteiger partial charge < -0.3 is 15.0 Å². The molecular weight excluding hydrogens is 622 g/mol. The third-order valence-corrected chi connectivity index (χ3v) is 9.40. The van der Waals surface area contributed by atoms with Crippen molar-refractivity contribution >= 4 is 39.1 Å². The molecule has 0 bridgehead atoms. The first-order valence-electron chi connectivity index (χ1n) is 15.3. The van der Waals surface area contributed by atoms with Gasteiger partial charge in [-0.1, -0.05) is 90.8 Å². The fourth-order valence-corrected chi connectivity index (χ4v) is 6.67. The highest BCUT2D eigenvalue weighted by Crippen LogP contribution is 2.33. The SMILES string of the molecule is CCCNC(=O)[C@H](Cc1ccccc1)N(Cc1cccc(C)c1)C(=O)CN(c1ccccc1OCC)S(=O)(=O)c1ccc(Cl)cc1. The molecule has 0 aliphatic carbocycles. The fourth-order valence-electron chi connectivity index (χ4n) is 5.12. The van der Waals surface area contributed by atoms with Gasteiger partial charge in [-0.2, -0.15) is 0 Å². The predicted octanol–water partition coefficient (Wildman–Crippen LogP) is 6.41. The second-order valence-electron chi connectivity index (χ2n) is 10.9. The molecule has 242 valence electrons. The number of ether oxygens (including phenoxy) is 1. The van der Waals surface area contributed by atoms with Crippen molar-refractivity contribution in [2.45, 2.75) is 51.1 Å². The van der Waals surface area contributed by atoms with Crippen LogP contribution < -0.4 is 14.4 Å². The number of carbonyl (C=O) groups is 2. The topological polar surface area (TPSA) is 96.0 Å². The number of carbonyl (C=O) groups excluding carboxylic acids is 2. The van der Waals surface area contributed by atoms with Crippen molar-refractivity contribution < 1.29 is 22.7 Å². The van der Waals surface area contributed by atoms with Gasteiger partial charge in [0.05, 0.1) is 17.2 Å². The Morgan fingerprint density at radius 3 is 2.22 bits per heavy atom. The van der Waals surface area contributed by atoms with Crippen molar-refractivity contribution in [2.24, 2.45) is 0 Å². The van der Waals surface area contributed by atoms with Crippen LogP contribution >= 0.6 is 11.6 Å². The molecule has 0 spiro atoms. The molecule has 1 atom stereocenters. The highest BCUT2D eigenvalue weighted by Gasteiger charge is 2.35. The zero-order valence-corrected chi connectivity index (χ0v) is 27.9. The van der Waals surface area contributed by atoms with Gasteiger partial charge in [0.25, 0.3) is 10.0 Å². The molecule has 0 aliphatic heterocycles. The molecule has 4 aromatic rings. The number of sulfonamides is 1. The van der Waals surface area contributed by atoms with E-state index in [1.165, 1.54) is 29.2 Å². The molecule has 4 rings (SSSR count). The Hall–Kier alpha value is -4.34. The molecule has 8 nitrogen and oxygen atoms in total. The third-order valence-electron chi connectivity index (χ3n) is 7.37. The number of nitrogens with zero attached hydrogens (tertiary/aromatic N) is 2. The molecule has 0 unspecified atom stereocenters. The number of para-hydroxylation sites is 2. The first-order valence-corrected chi connectivity index (χ1v) is 17.1. The second-order valence-corrected chi connectivity index (χ2v) is 13.2. The summed E-state index contributed by atoms with van der Waals surface area (Å²) in [5.74, 6) is -0.548. The van der Waals surface area contributed by atoms with E-state index in [2.05, 4.69) is 5.32 Å². The molecule has 1 N–H and O–H groups in total. The Kier molecular flexibility index (Phi) is 12.2. The summed E-state index contributed by atoms with van der Waals surface area (Å²) in [4.78, 5) is 29.8. The van der Waals surface area contributed by atoms with Gasteiger partial charge in [0, 0.05) is 24.5 Å². The lowest BCUT2D eigenvalue weighted by molar-refractivity contribution is -0.140. The van der Waals surface area contributed by atoms with Crippen molar-refractivity contribution in [3.63, 3.8) is 0 Å². The molecule has 0 aliphatic rings. The van der Waals surface area contributed by atoms with Crippen LogP contribution in [0.5, 0.6) is 5.75 Å². The maximum absolute atomic E-state index is 14.6. The van der Waals surface area contributed by atoms with Crippen LogP contribution in [0.4, 0.5) is 5.69 Å². The monoisotopic (exact) mass is 661 g/mol. The Morgan fingerprint density at radius 2 is 1.54 bits per heavy atom. The Labute approximate surface area is 277 Å². The summed E-state index contributed by atoms with van der Waals surface area (Å²) in [6, 6.07) is 28.7. The molecule has 0 saturated carbocycles. The van der Waals surface area contributed by atoms with E-state index in [0.717, 1.165) is 27.4 Å². The van der Waals surface area contributed by atoms with Crippen LogP contribution in [0.3, 0.4) is 0 Å². The number of halogens is 1. The highest BCUT2D eigenvalue weighted by atomic mass is 35.5. The van der Waals surface area contributed by atoms with E-state index in [9.17, 15) is 18.0 Å². The molecule has 10 heteroatoms. The molecule has 46 heavy (non-hydrogen) atoms. The Morgan fingerprint density at radius 1 is 0.870 bits per heavy atom. The van der Waals surface area contributed by atoms with Crippen LogP contribution in [0.1, 0.15) is 37.0 Å². The smallest absolute Gasteiger partial charge is 0.264 e. The zero-order chi connectivity index (χ0) is 33.1. The van der Waals surface area contributed by atoms with Crippen molar-refractivity contribution in [1.82, 2.24) is 10.2 Å². The maximum Gasteiger partial charge on any atom is 0.264 e. The van der Waals surface area contributed by atoms with Crippen molar-refractivity contribution in [1.29, 1.82) is 0 Å². The van der Waals surface area contributed by atoms with Crippen LogP contribution in [0.2, 0.25) is 5.02 Å². The van der Waals surface area contributed by atoms with Crippen LogP contribution in [-0.4, -0.2) is 50.9 Å². The van der Waals surface area contributed by atoms with Gasteiger partial charge in [-0.25, -0.2) is 8.42 Å². The van der Waals surface area contributed by atoms with Gasteiger partial charge in [-0.3, -0.25) is 13.9 Å². The van der Waals surface area contributed by atoms with Crippen LogP contribution in [0, 0.1) is 6.92 Å². The normalized spacial score (nSPS) is 11.8. The summed E-state index contributed by atoms with van der Waals surface area (Å²) in [6.07, 6.45) is 0.963. The van der Waals surface area contributed by atoms with Gasteiger partial charge in [-0.05, 0) is 67.8 Å². The summed E-state index contributed by atoms with van der Waals surface area (Å²) in [6.45, 7) is 5.96. The minimum atomic E-state index is -4.29. The Balaban J connectivity index is 1.83. The third kappa shape index (κ3) is 8.89. The molecule has 0 heterocycles. The number of amides is 2. The number of aryl methyl sites for hydroxylation is 1. The van der Waals surface area contributed by atoms with Crippen molar-refractivity contribution in [3.05, 3.63) is 125 Å². The van der Waals surface area contributed by atoms with Gasteiger partial charge in [0.2, 0.25) is 11.8 Å². The van der Waals surface area contributed by atoms with Gasteiger partial charge in [0.1, 0.15) is 18.3 Å². The number of anilines is 1. The average molecular weight is 662 g/mol. The minimum absolute atomic E-state index is 0.0391. The van der Waals surface area contributed by atoms with Gasteiger partial charge in [0.15, 0.2) is 0 Å². The van der Waals surface area contributed by atoms with E-state index in [0.29, 0.717) is 17.3 Å². The Bertz CT molecular complexity index is 1720. The van der Waals surface area contributed by atoms with E-state index in [4.69, 9.17) is 16.3 Å². The van der Waals surface area contributed by atoms with Crippen LogP contribution in [-0.2, 0) is 32.6 Å². The lowest BCUT2D eigenvalue weighted by Gasteiger charge is -2.34. The number of hydrogen-bond donors (Lipinski definition) is 1. The van der Waals surface area contributed by atoms with E-state index < -0.39 is 28.5 Å². The van der Waals surface area contributed by atoms with Crippen LogP contribution in [0.15, 0.2) is 108 Å². The highest BCUT2D eigenvalue weighted by molar-refractivity contribution is 7.92. The summed E-state index contributed by atoms with van der Waals surface area (Å²) in [5.41, 5.74) is 2.89. The minimum Gasteiger partial charge on any atom is -0.492 e. The average Bonchev–Trinajstić information content (AvgIpc) is 3.05. The maximum atomic E-state index is 14.6. The molecule has 0 fully saturated rings. The summed E-state index contributed by atoms with van der Waals surface area (Å²) in [7, 11) is -4.29. The molecule has 2 amide bonds. The standard InChI is InChI=1S/C36H40ClN3O5S/c1-4-22-38-36(42)33(24-28-13-7-6-8-14-28)39(25-29-15-11-12-27(3)23-29)35(41)26-40(32-16-9-10-17-34(32)45-5-2)46(43,44)31-20-18-30(37)19-21-31/h6-21,23,33H,4-5,22,24-26H2,1-3H3,(H,38,42)/t33-/m0/s1. The molecule has 0 radical (unpaired) electrons.